The number of aromatic amines is 1. The summed E-state index contributed by atoms with van der Waals surface area (Å²) in [6, 6.07) is 8.65. The number of carboxylic acids is 1. The van der Waals surface area contributed by atoms with Crippen LogP contribution in [0.5, 0.6) is 0 Å². The molecule has 0 spiro atoms. The van der Waals surface area contributed by atoms with Crippen LogP contribution in [0.2, 0.25) is 0 Å². The van der Waals surface area contributed by atoms with Crippen molar-refractivity contribution < 1.29 is 14.3 Å². The zero-order valence-electron chi connectivity index (χ0n) is 10.9. The van der Waals surface area contributed by atoms with Crippen molar-refractivity contribution >= 4 is 17.1 Å². The average molecular weight is 286 g/mol. The van der Waals surface area contributed by atoms with Crippen molar-refractivity contribution in [2.75, 3.05) is 0 Å². The number of carboxylic acid groups (broad SMARTS) is 1. The topological polar surface area (TPSA) is 105 Å². The van der Waals surface area contributed by atoms with Crippen LogP contribution in [-0.2, 0) is 0 Å². The Balaban J connectivity index is 2.51. The minimum Gasteiger partial charge on any atom is -0.478 e. The zero-order chi connectivity index (χ0) is 15.1. The molecule has 2 aromatic heterocycles. The third-order valence-electron chi connectivity index (χ3n) is 3.21. The molecule has 3 aromatic rings. The van der Waals surface area contributed by atoms with Gasteiger partial charge in [0.05, 0.1) is 16.8 Å². The number of nitrogens with zero attached hydrogens (tertiary/aromatic N) is 1. The molecule has 0 atom stereocenters. The number of fused-ring (bicyclic) bond motifs is 1. The van der Waals surface area contributed by atoms with Crippen molar-refractivity contribution in [1.29, 1.82) is 0 Å². The summed E-state index contributed by atoms with van der Waals surface area (Å²) in [6.07, 6.45) is 0. The standard InChI is InChI=1S/C14H10N2O5/c1-7-9(13(18)19)10-11(17)15-16(12(10)21-14(7)20)8-5-3-2-4-6-8/h2-6H,1H3,(H,15,17)(H,18,19). The van der Waals surface area contributed by atoms with Crippen LogP contribution in [0.15, 0.2) is 44.3 Å². The summed E-state index contributed by atoms with van der Waals surface area (Å²) in [7, 11) is 0. The largest absolute Gasteiger partial charge is 0.478 e. The minimum absolute atomic E-state index is 0.105. The summed E-state index contributed by atoms with van der Waals surface area (Å²) in [5.41, 5.74) is -1.42. The normalized spacial score (nSPS) is 10.9. The van der Waals surface area contributed by atoms with Gasteiger partial charge in [-0.3, -0.25) is 9.89 Å². The fraction of sp³-hybridized carbons (Fsp3) is 0.0714. The SMILES string of the molecule is Cc1c(C(=O)O)c2c(=O)[nH]n(-c3ccccc3)c2oc1=O. The second kappa shape index (κ2) is 4.48. The van der Waals surface area contributed by atoms with E-state index in [1.165, 1.54) is 11.6 Å². The molecule has 3 rings (SSSR count). The van der Waals surface area contributed by atoms with Gasteiger partial charge in [0.15, 0.2) is 0 Å². The lowest BCUT2D eigenvalue weighted by molar-refractivity contribution is 0.0697. The lowest BCUT2D eigenvalue weighted by atomic mass is 10.1. The lowest BCUT2D eigenvalue weighted by Crippen LogP contribution is -2.14. The Morgan fingerprint density at radius 1 is 1.24 bits per heavy atom. The third kappa shape index (κ3) is 1.86. The van der Waals surface area contributed by atoms with E-state index >= 15 is 0 Å². The van der Waals surface area contributed by atoms with Gasteiger partial charge in [-0.1, -0.05) is 18.2 Å². The summed E-state index contributed by atoms with van der Waals surface area (Å²) >= 11 is 0. The number of nitrogens with one attached hydrogen (secondary N) is 1. The van der Waals surface area contributed by atoms with E-state index in [2.05, 4.69) is 5.10 Å². The highest BCUT2D eigenvalue weighted by Crippen LogP contribution is 2.19. The molecule has 0 aliphatic carbocycles. The highest BCUT2D eigenvalue weighted by atomic mass is 16.4. The Kier molecular flexibility index (Phi) is 2.76. The Hall–Kier alpha value is -3.09. The maximum atomic E-state index is 12.1. The van der Waals surface area contributed by atoms with Crippen LogP contribution in [0, 0.1) is 6.92 Å². The van der Waals surface area contributed by atoms with Crippen LogP contribution in [0.4, 0.5) is 0 Å². The van der Waals surface area contributed by atoms with E-state index in [1.807, 2.05) is 0 Å². The number of H-pyrrole nitrogens is 1. The molecular formula is C14H10N2O5. The number of aromatic carboxylic acids is 1. The van der Waals surface area contributed by atoms with Crippen LogP contribution >= 0.6 is 0 Å². The van der Waals surface area contributed by atoms with Gasteiger partial charge in [0, 0.05) is 0 Å². The number of para-hydroxylation sites is 1. The molecule has 0 bridgehead atoms. The molecule has 2 heterocycles. The summed E-state index contributed by atoms with van der Waals surface area (Å²) in [5.74, 6) is -1.35. The maximum absolute atomic E-state index is 12.1. The van der Waals surface area contributed by atoms with E-state index in [0.717, 1.165) is 0 Å². The number of aromatic nitrogens is 2. The zero-order valence-corrected chi connectivity index (χ0v) is 10.9. The predicted molar refractivity (Wildman–Crippen MR) is 74.1 cm³/mol. The molecule has 0 unspecified atom stereocenters. The first kappa shape index (κ1) is 12.9. The summed E-state index contributed by atoms with van der Waals surface area (Å²) < 4.78 is 6.36. The van der Waals surface area contributed by atoms with E-state index in [1.54, 1.807) is 30.3 Å². The van der Waals surface area contributed by atoms with E-state index in [-0.39, 0.29) is 22.2 Å². The number of rotatable bonds is 2. The highest BCUT2D eigenvalue weighted by molar-refractivity contribution is 6.02. The molecule has 7 heteroatoms. The summed E-state index contributed by atoms with van der Waals surface area (Å²) in [4.78, 5) is 35.2. The van der Waals surface area contributed by atoms with Crippen molar-refractivity contribution in [3.63, 3.8) is 0 Å². The molecule has 0 saturated carbocycles. The predicted octanol–water partition coefficient (Wildman–Crippen LogP) is 1.28. The van der Waals surface area contributed by atoms with Gasteiger partial charge in [-0.15, -0.1) is 0 Å². The smallest absolute Gasteiger partial charge is 0.341 e. The Bertz CT molecular complexity index is 963. The Labute approximate surface area is 117 Å². The molecule has 0 aliphatic heterocycles. The molecule has 0 aliphatic rings. The van der Waals surface area contributed by atoms with Crippen molar-refractivity contribution in [1.82, 2.24) is 9.78 Å². The quantitative estimate of drug-likeness (QED) is 0.738. The first-order chi connectivity index (χ1) is 10.0. The molecule has 0 amide bonds. The van der Waals surface area contributed by atoms with Crippen LogP contribution in [0.3, 0.4) is 0 Å². The average Bonchev–Trinajstić information content (AvgIpc) is 2.77. The van der Waals surface area contributed by atoms with Gasteiger partial charge in [-0.25, -0.2) is 14.3 Å². The molecule has 1 aromatic carbocycles. The molecule has 0 saturated heterocycles. The fourth-order valence-electron chi connectivity index (χ4n) is 2.21. The Morgan fingerprint density at radius 3 is 2.52 bits per heavy atom. The summed E-state index contributed by atoms with van der Waals surface area (Å²) in [6.45, 7) is 1.31. The summed E-state index contributed by atoms with van der Waals surface area (Å²) in [5, 5.41) is 11.6. The van der Waals surface area contributed by atoms with Gasteiger partial charge in [0.2, 0.25) is 5.71 Å². The van der Waals surface area contributed by atoms with E-state index in [9.17, 15) is 19.5 Å². The molecule has 2 N–H and O–H groups in total. The molecular weight excluding hydrogens is 276 g/mol. The minimum atomic E-state index is -1.35. The fourth-order valence-corrected chi connectivity index (χ4v) is 2.21. The van der Waals surface area contributed by atoms with E-state index in [4.69, 9.17) is 4.42 Å². The lowest BCUT2D eigenvalue weighted by Gasteiger charge is -2.04. The van der Waals surface area contributed by atoms with Gasteiger partial charge in [0.1, 0.15) is 5.39 Å². The van der Waals surface area contributed by atoms with Crippen molar-refractivity contribution in [3.8, 4) is 5.69 Å². The van der Waals surface area contributed by atoms with Crippen molar-refractivity contribution in [2.45, 2.75) is 6.92 Å². The first-order valence-corrected chi connectivity index (χ1v) is 6.08. The van der Waals surface area contributed by atoms with Crippen LogP contribution < -0.4 is 11.2 Å². The van der Waals surface area contributed by atoms with Gasteiger partial charge in [-0.2, -0.15) is 0 Å². The number of hydrogen-bond acceptors (Lipinski definition) is 4. The van der Waals surface area contributed by atoms with Gasteiger partial charge < -0.3 is 9.52 Å². The van der Waals surface area contributed by atoms with Crippen LogP contribution in [0.1, 0.15) is 15.9 Å². The molecule has 0 fully saturated rings. The van der Waals surface area contributed by atoms with Crippen molar-refractivity contribution in [3.05, 3.63) is 62.2 Å². The van der Waals surface area contributed by atoms with Crippen LogP contribution in [0.25, 0.3) is 16.8 Å². The second-order valence-corrected chi connectivity index (χ2v) is 4.49. The third-order valence-corrected chi connectivity index (χ3v) is 3.21. The monoisotopic (exact) mass is 286 g/mol. The number of benzene rings is 1. The molecule has 21 heavy (non-hydrogen) atoms. The van der Waals surface area contributed by atoms with Gasteiger partial charge >= 0.3 is 11.6 Å². The number of hydrogen-bond donors (Lipinski definition) is 2. The second-order valence-electron chi connectivity index (χ2n) is 4.49. The molecule has 106 valence electrons. The van der Waals surface area contributed by atoms with Gasteiger partial charge in [-0.05, 0) is 19.1 Å². The maximum Gasteiger partial charge on any atom is 0.341 e. The van der Waals surface area contributed by atoms with Gasteiger partial charge in [0.25, 0.3) is 5.56 Å². The first-order valence-electron chi connectivity index (χ1n) is 6.08. The highest BCUT2D eigenvalue weighted by Gasteiger charge is 2.23. The molecule has 7 nitrogen and oxygen atoms in total. The van der Waals surface area contributed by atoms with Crippen molar-refractivity contribution in [2.24, 2.45) is 0 Å². The van der Waals surface area contributed by atoms with E-state index < -0.39 is 17.2 Å². The number of carbonyl (C=O) groups is 1. The molecule has 0 radical (unpaired) electrons. The van der Waals surface area contributed by atoms with E-state index in [0.29, 0.717) is 5.69 Å². The van der Waals surface area contributed by atoms with Crippen LogP contribution in [-0.4, -0.2) is 20.9 Å². The Morgan fingerprint density at radius 2 is 1.90 bits per heavy atom.